The highest BCUT2D eigenvalue weighted by Crippen LogP contribution is 2.20. The van der Waals surface area contributed by atoms with Crippen LogP contribution in [-0.4, -0.2) is 54.3 Å². The Balaban J connectivity index is 2.51. The van der Waals surface area contributed by atoms with Crippen molar-refractivity contribution in [3.63, 3.8) is 0 Å². The Kier molecular flexibility index (Phi) is 9.53. The Morgan fingerprint density at radius 1 is 1.16 bits per heavy atom. The molecule has 0 fully saturated rings. The number of likely N-dealkylation sites (N-methyl/N-ethyl adjacent to an activating group) is 1. The maximum absolute atomic E-state index is 12.4. The smallest absolute Gasteiger partial charge is 0.244 e. The summed E-state index contributed by atoms with van der Waals surface area (Å²) in [6.45, 7) is 7.57. The minimum absolute atomic E-state index is 0.00491. The van der Waals surface area contributed by atoms with E-state index in [0.29, 0.717) is 23.3 Å². The molecule has 0 aromatic heterocycles. The third-order valence-electron chi connectivity index (χ3n) is 4.07. The zero-order valence-electron chi connectivity index (χ0n) is 15.7. The first-order chi connectivity index (χ1) is 11.8. The fraction of sp³-hybridized carbons (Fsp3) is 0.579. The standard InChI is InChI=1S/C19H30ClN3O2/c1-5-6-9-12-23(15(2)3)14-19(25)22(4)13-18(24)21-17-11-8-7-10-16(17)20/h7-8,10-11,15H,5-6,9,12-14H2,1-4H3,(H,21,24). The molecule has 0 saturated heterocycles. The number of rotatable bonds is 10. The van der Waals surface area contributed by atoms with E-state index in [0.717, 1.165) is 25.8 Å². The van der Waals surface area contributed by atoms with Crippen LogP contribution in [0.4, 0.5) is 5.69 Å². The summed E-state index contributed by atoms with van der Waals surface area (Å²) in [6, 6.07) is 7.34. The number of hydrogen-bond acceptors (Lipinski definition) is 3. The molecule has 0 unspecified atom stereocenters. The van der Waals surface area contributed by atoms with Crippen LogP contribution in [0.25, 0.3) is 0 Å². The molecule has 0 radical (unpaired) electrons. The Bertz CT molecular complexity index is 563. The molecule has 0 atom stereocenters. The third-order valence-corrected chi connectivity index (χ3v) is 4.40. The highest BCUT2D eigenvalue weighted by atomic mass is 35.5. The fourth-order valence-corrected chi connectivity index (χ4v) is 2.62. The van der Waals surface area contributed by atoms with E-state index >= 15 is 0 Å². The first kappa shape index (κ1) is 21.5. The largest absolute Gasteiger partial charge is 0.335 e. The van der Waals surface area contributed by atoms with Crippen LogP contribution in [0.15, 0.2) is 24.3 Å². The van der Waals surface area contributed by atoms with Gasteiger partial charge >= 0.3 is 0 Å². The number of carbonyl (C=O) groups is 2. The van der Waals surface area contributed by atoms with Gasteiger partial charge in [0, 0.05) is 13.1 Å². The fourth-order valence-electron chi connectivity index (χ4n) is 2.44. The van der Waals surface area contributed by atoms with E-state index in [2.05, 4.69) is 31.0 Å². The lowest BCUT2D eigenvalue weighted by Crippen LogP contribution is -2.44. The van der Waals surface area contributed by atoms with Gasteiger partial charge in [-0.1, -0.05) is 43.5 Å². The topological polar surface area (TPSA) is 52.7 Å². The van der Waals surface area contributed by atoms with Crippen molar-refractivity contribution in [2.75, 3.05) is 32.0 Å². The van der Waals surface area contributed by atoms with E-state index in [9.17, 15) is 9.59 Å². The average molecular weight is 368 g/mol. The molecule has 1 rings (SSSR count). The van der Waals surface area contributed by atoms with Gasteiger partial charge in [-0.3, -0.25) is 14.5 Å². The first-order valence-electron chi connectivity index (χ1n) is 8.87. The van der Waals surface area contributed by atoms with Gasteiger partial charge in [-0.25, -0.2) is 0 Å². The molecule has 1 aromatic rings. The van der Waals surface area contributed by atoms with Crippen LogP contribution in [0.5, 0.6) is 0 Å². The predicted molar refractivity (Wildman–Crippen MR) is 104 cm³/mol. The number of para-hydroxylation sites is 1. The van der Waals surface area contributed by atoms with Crippen molar-refractivity contribution in [1.82, 2.24) is 9.80 Å². The zero-order chi connectivity index (χ0) is 18.8. The molecule has 0 aliphatic rings. The van der Waals surface area contributed by atoms with Crippen molar-refractivity contribution in [1.29, 1.82) is 0 Å². The Morgan fingerprint density at radius 3 is 2.44 bits per heavy atom. The van der Waals surface area contributed by atoms with Gasteiger partial charge in [-0.2, -0.15) is 0 Å². The summed E-state index contributed by atoms with van der Waals surface area (Å²) >= 11 is 6.03. The van der Waals surface area contributed by atoms with Crippen molar-refractivity contribution in [2.45, 2.75) is 46.1 Å². The van der Waals surface area contributed by atoms with Gasteiger partial charge in [0.15, 0.2) is 0 Å². The first-order valence-corrected chi connectivity index (χ1v) is 9.25. The number of unbranched alkanes of at least 4 members (excludes halogenated alkanes) is 2. The number of carbonyl (C=O) groups excluding carboxylic acids is 2. The second-order valence-corrected chi connectivity index (χ2v) is 6.96. The van der Waals surface area contributed by atoms with Gasteiger partial charge in [-0.15, -0.1) is 0 Å². The summed E-state index contributed by atoms with van der Waals surface area (Å²) in [5.74, 6) is -0.314. The van der Waals surface area contributed by atoms with E-state index in [4.69, 9.17) is 11.6 Å². The van der Waals surface area contributed by atoms with Crippen LogP contribution in [0.3, 0.4) is 0 Å². The van der Waals surface area contributed by atoms with Gasteiger partial charge in [0.2, 0.25) is 11.8 Å². The van der Waals surface area contributed by atoms with Crippen molar-refractivity contribution >= 4 is 29.1 Å². The molecule has 0 heterocycles. The minimum atomic E-state index is -0.258. The lowest BCUT2D eigenvalue weighted by Gasteiger charge is -2.28. The molecule has 1 N–H and O–H groups in total. The second kappa shape index (κ2) is 11.1. The Hall–Kier alpha value is -1.59. The summed E-state index contributed by atoms with van der Waals surface area (Å²) in [6.07, 6.45) is 3.40. The number of hydrogen-bond donors (Lipinski definition) is 1. The van der Waals surface area contributed by atoms with E-state index in [1.54, 1.807) is 31.3 Å². The predicted octanol–water partition coefficient (Wildman–Crippen LogP) is 3.64. The van der Waals surface area contributed by atoms with Crippen LogP contribution in [0.2, 0.25) is 5.02 Å². The molecule has 2 amide bonds. The quantitative estimate of drug-likeness (QED) is 0.642. The summed E-state index contributed by atoms with van der Waals surface area (Å²) < 4.78 is 0. The van der Waals surface area contributed by atoms with E-state index in [1.807, 2.05) is 0 Å². The molecule has 0 aliphatic heterocycles. The normalized spacial score (nSPS) is 11.0. The van der Waals surface area contributed by atoms with Gasteiger partial charge in [0.1, 0.15) is 0 Å². The molecule has 5 nitrogen and oxygen atoms in total. The number of benzene rings is 1. The summed E-state index contributed by atoms with van der Waals surface area (Å²) in [4.78, 5) is 28.2. The lowest BCUT2D eigenvalue weighted by atomic mass is 10.2. The van der Waals surface area contributed by atoms with Crippen LogP contribution in [0, 0.1) is 0 Å². The molecule has 1 aromatic carbocycles. The molecule has 0 bridgehead atoms. The number of amides is 2. The number of halogens is 1. The van der Waals surface area contributed by atoms with Crippen LogP contribution in [0.1, 0.15) is 40.0 Å². The Labute approximate surface area is 156 Å². The van der Waals surface area contributed by atoms with E-state index in [1.165, 1.54) is 4.90 Å². The van der Waals surface area contributed by atoms with Crippen LogP contribution < -0.4 is 5.32 Å². The van der Waals surface area contributed by atoms with Crippen molar-refractivity contribution in [3.8, 4) is 0 Å². The molecule has 140 valence electrons. The van der Waals surface area contributed by atoms with Gasteiger partial charge in [0.05, 0.1) is 23.8 Å². The molecular formula is C19H30ClN3O2. The average Bonchev–Trinajstić information content (AvgIpc) is 2.55. The monoisotopic (exact) mass is 367 g/mol. The molecule has 0 aliphatic carbocycles. The molecule has 25 heavy (non-hydrogen) atoms. The third kappa shape index (κ3) is 7.88. The highest BCUT2D eigenvalue weighted by Gasteiger charge is 2.18. The van der Waals surface area contributed by atoms with Crippen LogP contribution >= 0.6 is 11.6 Å². The number of nitrogens with zero attached hydrogens (tertiary/aromatic N) is 2. The van der Waals surface area contributed by atoms with Gasteiger partial charge < -0.3 is 10.2 Å². The molecule has 6 heteroatoms. The van der Waals surface area contributed by atoms with Crippen molar-refractivity contribution < 1.29 is 9.59 Å². The maximum atomic E-state index is 12.4. The van der Waals surface area contributed by atoms with Crippen molar-refractivity contribution in [3.05, 3.63) is 29.3 Å². The molecule has 0 spiro atoms. The number of anilines is 1. The summed E-state index contributed by atoms with van der Waals surface area (Å²) in [5.41, 5.74) is 0.554. The van der Waals surface area contributed by atoms with Gasteiger partial charge in [0.25, 0.3) is 0 Å². The summed E-state index contributed by atoms with van der Waals surface area (Å²) in [5, 5.41) is 3.21. The lowest BCUT2D eigenvalue weighted by molar-refractivity contribution is -0.134. The zero-order valence-corrected chi connectivity index (χ0v) is 16.5. The maximum Gasteiger partial charge on any atom is 0.244 e. The van der Waals surface area contributed by atoms with E-state index in [-0.39, 0.29) is 18.4 Å². The minimum Gasteiger partial charge on any atom is -0.335 e. The molecule has 0 saturated carbocycles. The van der Waals surface area contributed by atoms with Gasteiger partial charge in [-0.05, 0) is 38.9 Å². The second-order valence-electron chi connectivity index (χ2n) is 6.55. The molecular weight excluding hydrogens is 338 g/mol. The van der Waals surface area contributed by atoms with Crippen LogP contribution in [-0.2, 0) is 9.59 Å². The number of nitrogens with one attached hydrogen (secondary N) is 1. The summed E-state index contributed by atoms with van der Waals surface area (Å²) in [7, 11) is 1.65. The highest BCUT2D eigenvalue weighted by molar-refractivity contribution is 6.33. The SMILES string of the molecule is CCCCCN(CC(=O)N(C)CC(=O)Nc1ccccc1Cl)C(C)C. The van der Waals surface area contributed by atoms with E-state index < -0.39 is 0 Å². The van der Waals surface area contributed by atoms with Crippen molar-refractivity contribution in [2.24, 2.45) is 0 Å². The Morgan fingerprint density at radius 2 is 1.84 bits per heavy atom.